The van der Waals surface area contributed by atoms with Crippen LogP contribution in [0.3, 0.4) is 0 Å². The van der Waals surface area contributed by atoms with Crippen molar-refractivity contribution in [3.8, 4) is 0 Å². The van der Waals surface area contributed by atoms with Crippen LogP contribution in [0.4, 0.5) is 0 Å². The average molecular weight is 439 g/mol. The molecule has 0 radical (unpaired) electrons. The highest BCUT2D eigenvalue weighted by atomic mass is 16.5. The summed E-state index contributed by atoms with van der Waals surface area (Å²) in [6.07, 6.45) is 6.47. The quantitative estimate of drug-likeness (QED) is 0.700. The highest BCUT2D eigenvalue weighted by Gasteiger charge is 2.49. The van der Waals surface area contributed by atoms with Crippen molar-refractivity contribution in [3.05, 3.63) is 53.1 Å². The van der Waals surface area contributed by atoms with Gasteiger partial charge in [0, 0.05) is 12.6 Å². The fourth-order valence-electron chi connectivity index (χ4n) is 4.66. The molecule has 1 aromatic heterocycles. The molecule has 2 aromatic rings. The predicted octanol–water partition coefficient (Wildman–Crippen LogP) is 2.71. The fraction of sp³-hybridized carbons (Fsp3) is 0.500. The van der Waals surface area contributed by atoms with Crippen LogP contribution in [0.25, 0.3) is 0 Å². The van der Waals surface area contributed by atoms with Crippen LogP contribution in [0.15, 0.2) is 30.6 Å². The molecule has 4 rings (SSSR count). The summed E-state index contributed by atoms with van der Waals surface area (Å²) in [4.78, 5) is 45.1. The lowest BCUT2D eigenvalue weighted by Crippen LogP contribution is -2.64. The van der Waals surface area contributed by atoms with Gasteiger partial charge in [0.25, 0.3) is 5.91 Å². The normalized spacial score (nSPS) is 20.8. The molecule has 2 aliphatic rings. The molecule has 0 saturated heterocycles. The van der Waals surface area contributed by atoms with Crippen LogP contribution in [-0.2, 0) is 29.0 Å². The van der Waals surface area contributed by atoms with E-state index in [-0.39, 0.29) is 36.4 Å². The molecule has 0 spiro atoms. The zero-order valence-corrected chi connectivity index (χ0v) is 18.9. The zero-order valence-electron chi connectivity index (χ0n) is 18.9. The summed E-state index contributed by atoms with van der Waals surface area (Å²) in [6, 6.07) is 8.16. The Morgan fingerprint density at radius 2 is 1.84 bits per heavy atom. The second kappa shape index (κ2) is 8.76. The molecule has 8 heteroatoms. The molecule has 170 valence electrons. The molecule has 1 saturated carbocycles. The Kier molecular flexibility index (Phi) is 6.04. The van der Waals surface area contributed by atoms with E-state index in [0.717, 1.165) is 37.7 Å². The number of ether oxygens (including phenoxy) is 1. The Morgan fingerprint density at radius 3 is 2.47 bits per heavy atom. The molecule has 1 aromatic carbocycles. The Balaban J connectivity index is 1.71. The van der Waals surface area contributed by atoms with Crippen LogP contribution < -0.4 is 5.32 Å². The van der Waals surface area contributed by atoms with Crippen molar-refractivity contribution in [2.24, 2.45) is 0 Å². The van der Waals surface area contributed by atoms with Crippen LogP contribution in [0.5, 0.6) is 0 Å². The van der Waals surface area contributed by atoms with Crippen LogP contribution >= 0.6 is 0 Å². The first kappa shape index (κ1) is 22.0. The number of aromatic nitrogens is 2. The van der Waals surface area contributed by atoms with Gasteiger partial charge < -0.3 is 19.5 Å². The minimum Gasteiger partial charge on any atom is -0.464 e. The second-order valence-electron chi connectivity index (χ2n) is 8.85. The van der Waals surface area contributed by atoms with E-state index in [0.29, 0.717) is 0 Å². The van der Waals surface area contributed by atoms with Crippen molar-refractivity contribution in [2.45, 2.75) is 70.6 Å². The van der Waals surface area contributed by atoms with E-state index in [1.807, 2.05) is 24.3 Å². The summed E-state index contributed by atoms with van der Waals surface area (Å²) in [7, 11) is 1.26. The average Bonchev–Trinajstić information content (AvgIpc) is 3.46. The summed E-state index contributed by atoms with van der Waals surface area (Å²) in [5.41, 5.74) is 1.13. The number of nitrogens with one attached hydrogen (secondary N) is 1. The number of methoxy groups -OCH3 is 1. The van der Waals surface area contributed by atoms with E-state index in [9.17, 15) is 14.4 Å². The number of nitrogens with zero attached hydrogens (tertiary/aromatic N) is 3. The topological polar surface area (TPSA) is 93.5 Å². The summed E-state index contributed by atoms with van der Waals surface area (Å²) >= 11 is 0. The second-order valence-corrected chi connectivity index (χ2v) is 8.85. The number of benzene rings is 1. The molecule has 8 nitrogen and oxygen atoms in total. The van der Waals surface area contributed by atoms with Gasteiger partial charge in [0.2, 0.25) is 5.91 Å². The van der Waals surface area contributed by atoms with E-state index in [1.54, 1.807) is 16.4 Å². The summed E-state index contributed by atoms with van der Waals surface area (Å²) in [5.74, 6) is -1.25. The smallest absolute Gasteiger partial charge is 0.359 e. The van der Waals surface area contributed by atoms with E-state index < -0.39 is 17.4 Å². The van der Waals surface area contributed by atoms with Gasteiger partial charge in [0.05, 0.1) is 20.0 Å². The number of fused-ring (bicyclic) bond motifs is 1. The number of hydrogen-bond donors (Lipinski definition) is 1. The van der Waals surface area contributed by atoms with E-state index in [1.165, 1.54) is 19.0 Å². The van der Waals surface area contributed by atoms with Gasteiger partial charge in [-0.05, 0) is 37.3 Å². The molecular weight excluding hydrogens is 408 g/mol. The van der Waals surface area contributed by atoms with Gasteiger partial charge in [0.15, 0.2) is 5.69 Å². The Morgan fingerprint density at radius 1 is 1.19 bits per heavy atom. The van der Waals surface area contributed by atoms with Crippen molar-refractivity contribution in [1.29, 1.82) is 0 Å². The maximum atomic E-state index is 13.7. The first-order chi connectivity index (χ1) is 15.4. The maximum absolute atomic E-state index is 13.7. The summed E-state index contributed by atoms with van der Waals surface area (Å²) in [6.45, 7) is 4.34. The van der Waals surface area contributed by atoms with Crippen molar-refractivity contribution in [3.63, 3.8) is 0 Å². The largest absolute Gasteiger partial charge is 0.464 e. The number of hydrogen-bond acceptors (Lipinski definition) is 5. The number of carbonyl (C=O) groups is 3. The number of amides is 2. The molecule has 2 heterocycles. The Hall–Kier alpha value is -3.16. The van der Waals surface area contributed by atoms with Gasteiger partial charge in [-0.2, -0.15) is 0 Å². The number of esters is 1. The number of carbonyl (C=O) groups excluding carboxylic acids is 3. The molecule has 0 bridgehead atoms. The predicted molar refractivity (Wildman–Crippen MR) is 118 cm³/mol. The minimum absolute atomic E-state index is 0.0259. The van der Waals surface area contributed by atoms with Crippen molar-refractivity contribution < 1.29 is 19.1 Å². The molecule has 1 atom stereocenters. The minimum atomic E-state index is -1.12. The van der Waals surface area contributed by atoms with Crippen LogP contribution in [0, 0.1) is 0 Å². The van der Waals surface area contributed by atoms with E-state index in [4.69, 9.17) is 4.74 Å². The third-order valence-electron chi connectivity index (χ3n) is 6.69. The molecular formula is C24H30N4O4. The molecule has 1 aliphatic heterocycles. The third kappa shape index (κ3) is 3.89. The highest BCUT2D eigenvalue weighted by Crippen LogP contribution is 2.31. The highest BCUT2D eigenvalue weighted by molar-refractivity contribution is 6.06. The van der Waals surface area contributed by atoms with E-state index >= 15 is 0 Å². The van der Waals surface area contributed by atoms with Gasteiger partial charge >= 0.3 is 5.97 Å². The van der Waals surface area contributed by atoms with Gasteiger partial charge in [-0.15, -0.1) is 0 Å². The fourth-order valence-corrected chi connectivity index (χ4v) is 4.66. The summed E-state index contributed by atoms with van der Waals surface area (Å²) in [5, 5.41) is 3.16. The van der Waals surface area contributed by atoms with Gasteiger partial charge in [-0.1, -0.05) is 44.0 Å². The lowest BCUT2D eigenvalue weighted by Gasteiger charge is -2.44. The lowest BCUT2D eigenvalue weighted by atomic mass is 9.93. The molecule has 1 N–H and O–H groups in total. The Bertz CT molecular complexity index is 1020. The van der Waals surface area contributed by atoms with Gasteiger partial charge in [-0.3, -0.25) is 9.59 Å². The molecule has 0 unspecified atom stereocenters. The van der Waals surface area contributed by atoms with Crippen LogP contribution in [0.1, 0.15) is 71.6 Å². The molecule has 1 aliphatic carbocycles. The molecule has 1 fully saturated rings. The standard InChI is InChI=1S/C24H30N4O4/c1-4-16-9-11-17(12-10-16)13-28-21(29)20-19(22(30)32-3)25-15-27(20)14-24(28,2)23(31)26-18-7-5-6-8-18/h9-12,15,18H,4-8,13-14H2,1-3H3,(H,26,31)/t24-/m0/s1. The van der Waals surface area contributed by atoms with Crippen molar-refractivity contribution >= 4 is 17.8 Å². The first-order valence-electron chi connectivity index (χ1n) is 11.2. The van der Waals surface area contributed by atoms with E-state index in [2.05, 4.69) is 17.2 Å². The van der Waals surface area contributed by atoms with Crippen molar-refractivity contribution in [1.82, 2.24) is 19.8 Å². The number of rotatable bonds is 6. The monoisotopic (exact) mass is 438 g/mol. The van der Waals surface area contributed by atoms with Gasteiger partial charge in [0.1, 0.15) is 11.2 Å². The molecule has 32 heavy (non-hydrogen) atoms. The Labute approximate surface area is 187 Å². The van der Waals surface area contributed by atoms with Crippen LogP contribution in [0.2, 0.25) is 0 Å². The number of imidazole rings is 1. The van der Waals surface area contributed by atoms with Crippen LogP contribution in [-0.4, -0.2) is 50.9 Å². The maximum Gasteiger partial charge on any atom is 0.359 e. The lowest BCUT2D eigenvalue weighted by molar-refractivity contribution is -0.134. The third-order valence-corrected chi connectivity index (χ3v) is 6.69. The first-order valence-corrected chi connectivity index (χ1v) is 11.2. The number of aryl methyl sites for hydroxylation is 1. The zero-order chi connectivity index (χ0) is 22.9. The summed E-state index contributed by atoms with van der Waals surface area (Å²) < 4.78 is 6.41. The van der Waals surface area contributed by atoms with Crippen molar-refractivity contribution in [2.75, 3.05) is 7.11 Å². The SMILES string of the molecule is CCc1ccc(CN2C(=O)c3c(C(=O)OC)ncn3C[C@@]2(C)C(=O)NC2CCCC2)cc1. The van der Waals surface area contributed by atoms with Gasteiger partial charge in [-0.25, -0.2) is 9.78 Å². The molecule has 2 amide bonds.